The Kier molecular flexibility index (Phi) is 5.97. The molecule has 1 aromatic rings. The minimum absolute atomic E-state index is 0.00155. The summed E-state index contributed by atoms with van der Waals surface area (Å²) in [5, 5.41) is 9.34. The van der Waals surface area contributed by atoms with E-state index in [9.17, 15) is 23.1 Å². The van der Waals surface area contributed by atoms with Crippen LogP contribution in [0.5, 0.6) is 0 Å². The van der Waals surface area contributed by atoms with Crippen molar-refractivity contribution in [3.8, 4) is 0 Å². The summed E-state index contributed by atoms with van der Waals surface area (Å²) in [4.78, 5) is 25.2. The van der Waals surface area contributed by atoms with Crippen LogP contribution in [0.3, 0.4) is 0 Å². The monoisotopic (exact) mass is 368 g/mol. The van der Waals surface area contributed by atoms with Gasteiger partial charge in [0.05, 0.1) is 11.5 Å². The van der Waals surface area contributed by atoms with Crippen LogP contribution in [0.15, 0.2) is 29.2 Å². The summed E-state index contributed by atoms with van der Waals surface area (Å²) in [6, 6.07) is 5.79. The number of carbonyl (C=O) groups is 2. The van der Waals surface area contributed by atoms with Gasteiger partial charge in [-0.05, 0) is 25.5 Å². The Hall–Kier alpha value is -1.77. The van der Waals surface area contributed by atoms with Crippen LogP contribution < -0.4 is 4.72 Å². The molecule has 1 aromatic carbocycles. The minimum Gasteiger partial charge on any atom is -0.396 e. The molecule has 0 aliphatic carbocycles. The maximum atomic E-state index is 12.3. The van der Waals surface area contributed by atoms with Crippen LogP contribution in [0.1, 0.15) is 37.0 Å². The summed E-state index contributed by atoms with van der Waals surface area (Å²) in [6.45, 7) is 4.35. The molecule has 0 unspecified atom stereocenters. The molecule has 0 spiro atoms. The normalized spacial score (nSPS) is 20.7. The molecule has 7 nitrogen and oxygen atoms in total. The van der Waals surface area contributed by atoms with Gasteiger partial charge in [0.2, 0.25) is 15.9 Å². The second kappa shape index (κ2) is 7.63. The molecule has 0 aromatic heterocycles. The number of aliphatic hydroxyl groups is 1. The summed E-state index contributed by atoms with van der Waals surface area (Å²) in [5.41, 5.74) is 0.0433. The van der Waals surface area contributed by atoms with Crippen molar-refractivity contribution < 1.29 is 23.1 Å². The summed E-state index contributed by atoms with van der Waals surface area (Å²) >= 11 is 0. The highest BCUT2D eigenvalue weighted by Crippen LogP contribution is 2.29. The zero-order valence-corrected chi connectivity index (χ0v) is 15.3. The largest absolute Gasteiger partial charge is 0.396 e. The first kappa shape index (κ1) is 19.6. The van der Waals surface area contributed by atoms with Crippen LogP contribution in [0, 0.1) is 5.41 Å². The number of Topliss-reactive ketones (excluding diaryl/α,β-unsaturated/α-hetero) is 1. The van der Waals surface area contributed by atoms with E-state index in [4.69, 9.17) is 0 Å². The van der Waals surface area contributed by atoms with E-state index < -0.39 is 10.0 Å². The van der Waals surface area contributed by atoms with E-state index in [2.05, 4.69) is 4.72 Å². The van der Waals surface area contributed by atoms with Crippen LogP contribution in [-0.2, 0) is 14.8 Å². The molecule has 1 fully saturated rings. The third kappa shape index (κ3) is 4.87. The molecule has 1 atom stereocenters. The van der Waals surface area contributed by atoms with E-state index in [1.54, 1.807) is 11.0 Å². The van der Waals surface area contributed by atoms with E-state index >= 15 is 0 Å². The van der Waals surface area contributed by atoms with Crippen molar-refractivity contribution in [2.75, 3.05) is 26.2 Å². The molecular formula is C17H24N2O5S. The number of nitrogens with one attached hydrogen (secondary N) is 1. The topological polar surface area (TPSA) is 104 Å². The molecule has 8 heteroatoms. The van der Waals surface area contributed by atoms with Crippen LogP contribution in [0.2, 0.25) is 0 Å². The number of ketones is 1. The molecule has 1 aliphatic heterocycles. The van der Waals surface area contributed by atoms with E-state index in [1.807, 2.05) is 6.92 Å². The van der Waals surface area contributed by atoms with Gasteiger partial charge < -0.3 is 10.0 Å². The van der Waals surface area contributed by atoms with Gasteiger partial charge in [-0.3, -0.25) is 9.59 Å². The number of likely N-dealkylation sites (tertiary alicyclic amines) is 1. The van der Waals surface area contributed by atoms with Crippen LogP contribution >= 0.6 is 0 Å². The molecule has 2 rings (SSSR count). The number of hydrogen-bond acceptors (Lipinski definition) is 5. The third-order valence-electron chi connectivity index (χ3n) is 4.47. The molecule has 0 saturated carbocycles. The first-order chi connectivity index (χ1) is 11.7. The summed E-state index contributed by atoms with van der Waals surface area (Å²) in [6.07, 6.45) is 0.784. The number of sulfonamides is 1. The van der Waals surface area contributed by atoms with E-state index in [0.717, 1.165) is 6.42 Å². The maximum absolute atomic E-state index is 12.3. The summed E-state index contributed by atoms with van der Waals surface area (Å²) < 4.78 is 27.0. The van der Waals surface area contributed by atoms with Crippen molar-refractivity contribution in [3.05, 3.63) is 29.8 Å². The van der Waals surface area contributed by atoms with E-state index in [-0.39, 0.29) is 41.6 Å². The van der Waals surface area contributed by atoms with Crippen molar-refractivity contribution in [2.24, 2.45) is 5.41 Å². The van der Waals surface area contributed by atoms with Gasteiger partial charge in [-0.2, -0.15) is 0 Å². The average Bonchev–Trinajstić information content (AvgIpc) is 2.98. The highest BCUT2D eigenvalue weighted by atomic mass is 32.2. The molecule has 2 N–H and O–H groups in total. The lowest BCUT2D eigenvalue weighted by atomic mass is 9.91. The van der Waals surface area contributed by atoms with Crippen molar-refractivity contribution in [2.45, 2.75) is 31.6 Å². The van der Waals surface area contributed by atoms with Crippen molar-refractivity contribution in [1.29, 1.82) is 0 Å². The predicted molar refractivity (Wildman–Crippen MR) is 92.6 cm³/mol. The van der Waals surface area contributed by atoms with Gasteiger partial charge in [-0.15, -0.1) is 0 Å². The van der Waals surface area contributed by atoms with Gasteiger partial charge in [0.1, 0.15) is 0 Å². The second-order valence-corrected chi connectivity index (χ2v) is 8.53. The first-order valence-electron chi connectivity index (χ1n) is 8.16. The fourth-order valence-electron chi connectivity index (χ4n) is 2.78. The Labute approximate surface area is 148 Å². The Morgan fingerprint density at radius 3 is 2.68 bits per heavy atom. The van der Waals surface area contributed by atoms with Gasteiger partial charge in [0.15, 0.2) is 5.78 Å². The number of rotatable bonds is 7. The molecular weight excluding hydrogens is 344 g/mol. The number of aliphatic hydroxyl groups excluding tert-OH is 1. The number of amides is 1. The summed E-state index contributed by atoms with van der Waals surface area (Å²) in [7, 11) is -3.78. The first-order valence-corrected chi connectivity index (χ1v) is 9.64. The zero-order chi connectivity index (χ0) is 18.7. The van der Waals surface area contributed by atoms with E-state index in [1.165, 1.54) is 25.1 Å². The number of carbonyl (C=O) groups excluding carboxylic acids is 2. The highest BCUT2D eigenvalue weighted by Gasteiger charge is 2.35. The highest BCUT2D eigenvalue weighted by molar-refractivity contribution is 7.89. The van der Waals surface area contributed by atoms with Gasteiger partial charge in [-0.1, -0.05) is 19.1 Å². The van der Waals surface area contributed by atoms with Gasteiger partial charge >= 0.3 is 0 Å². The second-order valence-electron chi connectivity index (χ2n) is 6.77. The van der Waals surface area contributed by atoms with Crippen molar-refractivity contribution in [1.82, 2.24) is 9.62 Å². The maximum Gasteiger partial charge on any atom is 0.240 e. The number of hydrogen-bond donors (Lipinski definition) is 2. The lowest BCUT2D eigenvalue weighted by Gasteiger charge is -2.22. The number of nitrogens with zero attached hydrogens (tertiary/aromatic N) is 1. The average molecular weight is 368 g/mol. The fraction of sp³-hybridized carbons (Fsp3) is 0.529. The molecule has 0 radical (unpaired) electrons. The minimum atomic E-state index is -3.78. The molecule has 1 aliphatic rings. The molecule has 25 heavy (non-hydrogen) atoms. The molecule has 0 bridgehead atoms. The van der Waals surface area contributed by atoms with Gasteiger partial charge in [-0.25, -0.2) is 13.1 Å². The summed E-state index contributed by atoms with van der Waals surface area (Å²) in [5.74, 6) is -0.356. The molecule has 1 heterocycles. The predicted octanol–water partition coefficient (Wildman–Crippen LogP) is 0.788. The van der Waals surface area contributed by atoms with Crippen LogP contribution in [0.25, 0.3) is 0 Å². The SMILES string of the molecule is CC(=O)c1cccc(S(=O)(=O)NCCC(=O)N2CC[C@@](C)(CO)C2)c1. The zero-order valence-electron chi connectivity index (χ0n) is 14.5. The number of benzene rings is 1. The van der Waals surface area contributed by atoms with Crippen molar-refractivity contribution >= 4 is 21.7 Å². The Bertz CT molecular complexity index is 762. The van der Waals surface area contributed by atoms with Crippen molar-refractivity contribution in [3.63, 3.8) is 0 Å². The van der Waals surface area contributed by atoms with Crippen LogP contribution in [-0.4, -0.2) is 56.4 Å². The quantitative estimate of drug-likeness (QED) is 0.693. The Balaban J connectivity index is 1.91. The standard InChI is InChI=1S/C17H24N2O5S/c1-13(21)14-4-3-5-15(10-14)25(23,24)18-8-6-16(22)19-9-7-17(2,11-19)12-20/h3-5,10,18,20H,6-9,11-12H2,1-2H3/t17-/m1/s1. The fourth-order valence-corrected chi connectivity index (χ4v) is 3.86. The van der Waals surface area contributed by atoms with Gasteiger partial charge in [0, 0.05) is 37.0 Å². The lowest BCUT2D eigenvalue weighted by Crippen LogP contribution is -2.35. The third-order valence-corrected chi connectivity index (χ3v) is 5.93. The molecule has 1 saturated heterocycles. The lowest BCUT2D eigenvalue weighted by molar-refractivity contribution is -0.130. The Morgan fingerprint density at radius 2 is 2.08 bits per heavy atom. The van der Waals surface area contributed by atoms with Gasteiger partial charge in [0.25, 0.3) is 0 Å². The van der Waals surface area contributed by atoms with E-state index in [0.29, 0.717) is 18.7 Å². The molecule has 1 amide bonds. The smallest absolute Gasteiger partial charge is 0.240 e. The van der Waals surface area contributed by atoms with Crippen LogP contribution in [0.4, 0.5) is 0 Å². The Morgan fingerprint density at radius 1 is 1.36 bits per heavy atom. The molecule has 138 valence electrons.